The summed E-state index contributed by atoms with van der Waals surface area (Å²) in [5, 5.41) is 9.04. The Labute approximate surface area is 185 Å². The van der Waals surface area contributed by atoms with Gasteiger partial charge in [-0.1, -0.05) is 24.3 Å². The second-order valence-corrected chi connectivity index (χ2v) is 8.82. The lowest BCUT2D eigenvalue weighted by atomic mass is 10.00. The molecule has 7 nitrogen and oxygen atoms in total. The normalized spacial score (nSPS) is 11.0. The van der Waals surface area contributed by atoms with Gasteiger partial charge in [0.1, 0.15) is 5.69 Å². The van der Waals surface area contributed by atoms with Crippen LogP contribution in [-0.2, 0) is 10.0 Å². The number of benzene rings is 2. The number of pyridine rings is 1. The zero-order chi connectivity index (χ0) is 22.7. The number of carbonyl (C=O) groups excluding carboxylic acids is 1. The molecule has 0 radical (unpaired) electrons. The highest BCUT2D eigenvalue weighted by atomic mass is 32.2. The maximum absolute atomic E-state index is 12.1. The van der Waals surface area contributed by atoms with Gasteiger partial charge in [0.05, 0.1) is 29.8 Å². The third kappa shape index (κ3) is 4.74. The van der Waals surface area contributed by atoms with Crippen LogP contribution in [0.4, 0.5) is 0 Å². The maximum atomic E-state index is 12.1. The van der Waals surface area contributed by atoms with Crippen molar-refractivity contribution in [1.82, 2.24) is 9.71 Å². The van der Waals surface area contributed by atoms with Gasteiger partial charge in [0.2, 0.25) is 10.0 Å². The molecule has 2 aromatic carbocycles. The summed E-state index contributed by atoms with van der Waals surface area (Å²) < 4.78 is 30.1. The molecule has 1 amide bonds. The lowest BCUT2D eigenvalue weighted by molar-refractivity contribution is 0.0981. The predicted octanol–water partition coefficient (Wildman–Crippen LogP) is 4.24. The summed E-state index contributed by atoms with van der Waals surface area (Å²) in [6.45, 7) is 0. The van der Waals surface area contributed by atoms with E-state index in [0.29, 0.717) is 22.7 Å². The Kier molecular flexibility index (Phi) is 5.58. The Bertz CT molecular complexity index is 1420. The van der Waals surface area contributed by atoms with Crippen LogP contribution in [0.5, 0.6) is 0 Å². The number of amides is 1. The van der Waals surface area contributed by atoms with Crippen molar-refractivity contribution in [3.63, 3.8) is 0 Å². The van der Waals surface area contributed by atoms with Gasteiger partial charge in [-0.05, 0) is 59.7 Å². The van der Waals surface area contributed by atoms with E-state index >= 15 is 0 Å². The molecular weight excluding hydrogens is 426 g/mol. The number of hydrogen-bond acceptors (Lipinski definition) is 6. The number of rotatable bonds is 5. The van der Waals surface area contributed by atoms with Crippen molar-refractivity contribution in [2.24, 2.45) is 0 Å². The molecule has 0 fully saturated rings. The SMILES string of the molecule is CS(=O)(=O)NC(=O)c1ccc(-c2cc(-c3ccc(C#N)cc3)nc(-c3ccco3)c2)cc1. The maximum Gasteiger partial charge on any atom is 0.264 e. The summed E-state index contributed by atoms with van der Waals surface area (Å²) in [6, 6.07) is 23.2. The van der Waals surface area contributed by atoms with Gasteiger partial charge in [-0.3, -0.25) is 4.79 Å². The molecule has 0 aliphatic rings. The number of sulfonamides is 1. The van der Waals surface area contributed by atoms with Gasteiger partial charge in [-0.2, -0.15) is 5.26 Å². The van der Waals surface area contributed by atoms with E-state index in [2.05, 4.69) is 6.07 Å². The van der Waals surface area contributed by atoms with Gasteiger partial charge in [-0.25, -0.2) is 18.1 Å². The quantitative estimate of drug-likeness (QED) is 0.494. The lowest BCUT2D eigenvalue weighted by Crippen LogP contribution is -2.29. The van der Waals surface area contributed by atoms with Crippen molar-refractivity contribution in [3.8, 4) is 39.9 Å². The molecule has 32 heavy (non-hydrogen) atoms. The minimum atomic E-state index is -3.64. The highest BCUT2D eigenvalue weighted by Crippen LogP contribution is 2.30. The molecule has 2 heterocycles. The Balaban J connectivity index is 1.75. The van der Waals surface area contributed by atoms with Crippen molar-refractivity contribution in [3.05, 3.63) is 90.2 Å². The molecule has 0 atom stereocenters. The number of nitrogens with one attached hydrogen (secondary N) is 1. The van der Waals surface area contributed by atoms with Gasteiger partial charge < -0.3 is 4.42 Å². The van der Waals surface area contributed by atoms with E-state index in [0.717, 1.165) is 22.9 Å². The number of furan rings is 1. The Morgan fingerprint density at radius 2 is 1.59 bits per heavy atom. The van der Waals surface area contributed by atoms with Crippen molar-refractivity contribution in [2.75, 3.05) is 6.26 Å². The van der Waals surface area contributed by atoms with Crippen LogP contribution in [0.25, 0.3) is 33.8 Å². The van der Waals surface area contributed by atoms with Crippen LogP contribution in [0.3, 0.4) is 0 Å². The number of hydrogen-bond donors (Lipinski definition) is 1. The van der Waals surface area contributed by atoms with E-state index in [1.165, 1.54) is 0 Å². The van der Waals surface area contributed by atoms with E-state index in [4.69, 9.17) is 14.7 Å². The van der Waals surface area contributed by atoms with Crippen molar-refractivity contribution in [2.45, 2.75) is 0 Å². The fourth-order valence-electron chi connectivity index (χ4n) is 3.15. The van der Waals surface area contributed by atoms with E-state index in [1.807, 2.05) is 35.1 Å². The number of carbonyl (C=O) groups is 1. The second kappa shape index (κ2) is 8.49. The minimum Gasteiger partial charge on any atom is -0.463 e. The van der Waals surface area contributed by atoms with E-state index in [-0.39, 0.29) is 5.56 Å². The molecule has 0 unspecified atom stereocenters. The summed E-state index contributed by atoms with van der Waals surface area (Å²) in [5.41, 5.74) is 4.59. The highest BCUT2D eigenvalue weighted by molar-refractivity contribution is 7.89. The Morgan fingerprint density at radius 3 is 2.19 bits per heavy atom. The lowest BCUT2D eigenvalue weighted by Gasteiger charge is -2.10. The van der Waals surface area contributed by atoms with Gasteiger partial charge in [-0.15, -0.1) is 0 Å². The van der Waals surface area contributed by atoms with E-state index < -0.39 is 15.9 Å². The molecule has 158 valence electrons. The van der Waals surface area contributed by atoms with Crippen molar-refractivity contribution in [1.29, 1.82) is 5.26 Å². The van der Waals surface area contributed by atoms with E-state index in [1.54, 1.807) is 48.7 Å². The fraction of sp³-hybridized carbons (Fsp3) is 0.0417. The summed E-state index contributed by atoms with van der Waals surface area (Å²) in [4.78, 5) is 16.8. The molecule has 0 aliphatic heterocycles. The third-order valence-corrected chi connectivity index (χ3v) is 5.22. The van der Waals surface area contributed by atoms with Crippen molar-refractivity contribution < 1.29 is 17.6 Å². The largest absolute Gasteiger partial charge is 0.463 e. The van der Waals surface area contributed by atoms with Crippen LogP contribution in [-0.4, -0.2) is 25.6 Å². The number of nitriles is 1. The summed E-state index contributed by atoms with van der Waals surface area (Å²) in [5.74, 6) is -0.0887. The Morgan fingerprint density at radius 1 is 0.938 bits per heavy atom. The monoisotopic (exact) mass is 443 g/mol. The van der Waals surface area contributed by atoms with Gasteiger partial charge in [0, 0.05) is 11.1 Å². The van der Waals surface area contributed by atoms with Crippen LogP contribution < -0.4 is 4.72 Å². The molecule has 0 aliphatic carbocycles. The Hall–Kier alpha value is -4.22. The van der Waals surface area contributed by atoms with Crippen LogP contribution in [0.2, 0.25) is 0 Å². The molecule has 4 aromatic rings. The molecule has 2 aromatic heterocycles. The molecule has 0 spiro atoms. The van der Waals surface area contributed by atoms with Crippen LogP contribution in [0.1, 0.15) is 15.9 Å². The topological polar surface area (TPSA) is 113 Å². The first-order chi connectivity index (χ1) is 15.3. The molecule has 1 N–H and O–H groups in total. The first-order valence-electron chi connectivity index (χ1n) is 9.51. The van der Waals surface area contributed by atoms with Crippen LogP contribution >= 0.6 is 0 Å². The number of aromatic nitrogens is 1. The first kappa shape index (κ1) is 21.0. The molecule has 0 bridgehead atoms. The molecule has 8 heteroatoms. The summed E-state index contributed by atoms with van der Waals surface area (Å²) in [7, 11) is -3.64. The van der Waals surface area contributed by atoms with Crippen LogP contribution in [0.15, 0.2) is 83.5 Å². The third-order valence-electron chi connectivity index (χ3n) is 4.67. The first-order valence-corrected chi connectivity index (χ1v) is 11.4. The molecule has 0 saturated heterocycles. The number of nitrogens with zero attached hydrogens (tertiary/aromatic N) is 2. The highest BCUT2D eigenvalue weighted by Gasteiger charge is 2.13. The van der Waals surface area contributed by atoms with Gasteiger partial charge >= 0.3 is 0 Å². The van der Waals surface area contributed by atoms with Crippen molar-refractivity contribution >= 4 is 15.9 Å². The van der Waals surface area contributed by atoms with E-state index in [9.17, 15) is 13.2 Å². The predicted molar refractivity (Wildman–Crippen MR) is 120 cm³/mol. The zero-order valence-electron chi connectivity index (χ0n) is 16.9. The van der Waals surface area contributed by atoms with Crippen LogP contribution in [0, 0.1) is 11.3 Å². The summed E-state index contributed by atoms with van der Waals surface area (Å²) in [6.07, 6.45) is 2.50. The van der Waals surface area contributed by atoms with Gasteiger partial charge in [0.15, 0.2) is 5.76 Å². The molecular formula is C24H17N3O4S. The zero-order valence-corrected chi connectivity index (χ0v) is 17.8. The van der Waals surface area contributed by atoms with Gasteiger partial charge in [0.25, 0.3) is 5.91 Å². The fourth-order valence-corrected chi connectivity index (χ4v) is 3.61. The standard InChI is InChI=1S/C24H17N3O4S/c1-32(29,30)27-24(28)19-10-8-17(9-11-19)20-13-21(18-6-4-16(15-25)5-7-18)26-22(14-20)23-3-2-12-31-23/h2-14H,1H3,(H,27,28). The smallest absolute Gasteiger partial charge is 0.264 e. The second-order valence-electron chi connectivity index (χ2n) is 7.07. The average molecular weight is 443 g/mol. The minimum absolute atomic E-state index is 0.229. The molecule has 4 rings (SSSR count). The summed E-state index contributed by atoms with van der Waals surface area (Å²) >= 11 is 0. The average Bonchev–Trinajstić information content (AvgIpc) is 3.33. The molecule has 0 saturated carbocycles.